The van der Waals surface area contributed by atoms with Gasteiger partial charge in [-0.3, -0.25) is 24.5 Å². The molecule has 4 rings (SSSR count). The van der Waals surface area contributed by atoms with Crippen LogP contribution in [-0.2, 0) is 6.67 Å². The minimum atomic E-state index is -0.438. The molecule has 26 heavy (non-hydrogen) atoms. The number of hydrogen-bond donors (Lipinski definition) is 0. The molecule has 3 aromatic rings. The molecule has 130 valence electrons. The maximum absolute atomic E-state index is 12.7. The number of anilines is 1. The molecule has 0 amide bonds. The van der Waals surface area contributed by atoms with Crippen LogP contribution in [0.15, 0.2) is 58.6 Å². The Hall–Kier alpha value is -3.33. The van der Waals surface area contributed by atoms with Gasteiger partial charge >= 0.3 is 0 Å². The van der Waals surface area contributed by atoms with E-state index in [9.17, 15) is 14.9 Å². The number of nitro benzene ring substituents is 1. The monoisotopic (exact) mass is 367 g/mol. The van der Waals surface area contributed by atoms with Gasteiger partial charge in [0.25, 0.3) is 11.2 Å². The summed E-state index contributed by atoms with van der Waals surface area (Å²) in [4.78, 5) is 34.1. The van der Waals surface area contributed by atoms with Crippen molar-refractivity contribution >= 4 is 28.8 Å². The molecule has 0 radical (unpaired) electrons. The van der Waals surface area contributed by atoms with Gasteiger partial charge in [-0.15, -0.1) is 0 Å². The van der Waals surface area contributed by atoms with E-state index in [4.69, 9.17) is 0 Å². The largest absolute Gasteiger partial charge is 0.334 e. The molecule has 0 spiro atoms. The Bertz CT molecular complexity index is 1140. The van der Waals surface area contributed by atoms with Crippen LogP contribution in [0.5, 0.6) is 0 Å². The molecule has 1 aliphatic heterocycles. The summed E-state index contributed by atoms with van der Waals surface area (Å²) in [5, 5.41) is 10.8. The normalized spacial score (nSPS) is 14.0. The van der Waals surface area contributed by atoms with Crippen molar-refractivity contribution in [2.45, 2.75) is 6.67 Å². The Morgan fingerprint density at radius 1 is 1.23 bits per heavy atom. The summed E-state index contributed by atoms with van der Waals surface area (Å²) in [6.45, 7) is 0.747. The predicted molar refractivity (Wildman–Crippen MR) is 97.6 cm³/mol. The van der Waals surface area contributed by atoms with Crippen LogP contribution in [0.1, 0.15) is 5.56 Å². The molecule has 3 heterocycles. The molecule has 0 atom stereocenters. The third-order valence-corrected chi connectivity index (χ3v) is 5.03. The van der Waals surface area contributed by atoms with Gasteiger partial charge in [0.05, 0.1) is 9.46 Å². The van der Waals surface area contributed by atoms with Crippen molar-refractivity contribution in [1.82, 2.24) is 9.55 Å². The average Bonchev–Trinajstić information content (AvgIpc) is 2.98. The molecule has 0 fully saturated rings. The number of benzene rings is 1. The van der Waals surface area contributed by atoms with Crippen LogP contribution < -0.4 is 19.8 Å². The number of aromatic nitrogens is 2. The minimum absolute atomic E-state index is 0.0319. The average molecular weight is 367 g/mol. The Kier molecular flexibility index (Phi) is 4.05. The molecule has 0 N–H and O–H groups in total. The summed E-state index contributed by atoms with van der Waals surface area (Å²) in [6.07, 6.45) is 5.18. The minimum Gasteiger partial charge on any atom is -0.334 e. The second kappa shape index (κ2) is 6.52. The molecule has 1 aromatic carbocycles. The van der Waals surface area contributed by atoms with Crippen molar-refractivity contribution in [1.29, 1.82) is 0 Å². The quantitative estimate of drug-likeness (QED) is 0.510. The lowest BCUT2D eigenvalue weighted by Gasteiger charge is -2.25. The van der Waals surface area contributed by atoms with E-state index in [1.54, 1.807) is 35.2 Å². The summed E-state index contributed by atoms with van der Waals surface area (Å²) in [7, 11) is 0. The third-order valence-electron chi connectivity index (χ3n) is 3.98. The van der Waals surface area contributed by atoms with E-state index < -0.39 is 4.92 Å². The van der Waals surface area contributed by atoms with Gasteiger partial charge in [-0.2, -0.15) is 0 Å². The fraction of sp³-hybridized carbons (Fsp3) is 0.118. The van der Waals surface area contributed by atoms with E-state index in [1.807, 2.05) is 17.0 Å². The van der Waals surface area contributed by atoms with E-state index in [0.29, 0.717) is 22.7 Å². The first kappa shape index (κ1) is 16.2. The number of fused-ring (bicyclic) bond motifs is 1. The smallest absolute Gasteiger partial charge is 0.271 e. The summed E-state index contributed by atoms with van der Waals surface area (Å²) in [5.74, 6) is 0. The number of nitro groups is 1. The van der Waals surface area contributed by atoms with E-state index in [0.717, 1.165) is 11.3 Å². The SMILES string of the molecule is O=c1c(=Cc2cccnc2)sc2n1CN(c1ccc([N+](=O)[O-])cc1)CN=2. The summed E-state index contributed by atoms with van der Waals surface area (Å²) in [5.41, 5.74) is 1.56. The second-order valence-corrected chi connectivity index (χ2v) is 6.68. The van der Waals surface area contributed by atoms with Gasteiger partial charge in [-0.25, -0.2) is 4.99 Å². The number of non-ortho nitro benzene ring substituents is 1. The van der Waals surface area contributed by atoms with Crippen LogP contribution in [-0.4, -0.2) is 21.1 Å². The van der Waals surface area contributed by atoms with Gasteiger partial charge in [0, 0.05) is 30.2 Å². The number of hydrogen-bond acceptors (Lipinski definition) is 7. The zero-order valence-electron chi connectivity index (χ0n) is 13.5. The van der Waals surface area contributed by atoms with Gasteiger partial charge in [0.2, 0.25) is 0 Å². The molecule has 8 nitrogen and oxygen atoms in total. The van der Waals surface area contributed by atoms with Crippen LogP contribution in [0.2, 0.25) is 0 Å². The Morgan fingerprint density at radius 2 is 2.04 bits per heavy atom. The van der Waals surface area contributed by atoms with Crippen LogP contribution in [0, 0.1) is 10.1 Å². The van der Waals surface area contributed by atoms with Crippen LogP contribution >= 0.6 is 11.3 Å². The van der Waals surface area contributed by atoms with Crippen molar-refractivity contribution in [2.75, 3.05) is 11.6 Å². The highest BCUT2D eigenvalue weighted by molar-refractivity contribution is 7.07. The topological polar surface area (TPSA) is 93.6 Å². The van der Waals surface area contributed by atoms with E-state index in [1.165, 1.54) is 23.5 Å². The zero-order chi connectivity index (χ0) is 18.1. The van der Waals surface area contributed by atoms with Crippen molar-refractivity contribution in [3.05, 3.63) is 84.2 Å². The molecular weight excluding hydrogens is 354 g/mol. The molecule has 0 saturated carbocycles. The third kappa shape index (κ3) is 3.00. The highest BCUT2D eigenvalue weighted by Crippen LogP contribution is 2.20. The molecule has 0 unspecified atom stereocenters. The first-order valence-electron chi connectivity index (χ1n) is 7.77. The van der Waals surface area contributed by atoms with Crippen molar-refractivity contribution in [2.24, 2.45) is 4.99 Å². The zero-order valence-corrected chi connectivity index (χ0v) is 14.3. The summed E-state index contributed by atoms with van der Waals surface area (Å²) < 4.78 is 2.21. The number of thiazole rings is 1. The van der Waals surface area contributed by atoms with Gasteiger partial charge in [0.1, 0.15) is 13.3 Å². The van der Waals surface area contributed by atoms with E-state index in [2.05, 4.69) is 9.98 Å². The van der Waals surface area contributed by atoms with Gasteiger partial charge in [-0.1, -0.05) is 17.4 Å². The van der Waals surface area contributed by atoms with Crippen molar-refractivity contribution in [3.63, 3.8) is 0 Å². The first-order valence-corrected chi connectivity index (χ1v) is 8.59. The summed E-state index contributed by atoms with van der Waals surface area (Å²) >= 11 is 1.34. The van der Waals surface area contributed by atoms with E-state index in [-0.39, 0.29) is 11.2 Å². The maximum atomic E-state index is 12.7. The van der Waals surface area contributed by atoms with Crippen molar-refractivity contribution < 1.29 is 4.92 Å². The molecule has 9 heteroatoms. The highest BCUT2D eigenvalue weighted by atomic mass is 32.1. The highest BCUT2D eigenvalue weighted by Gasteiger charge is 2.16. The molecule has 1 aliphatic rings. The first-order chi connectivity index (χ1) is 12.6. The number of rotatable bonds is 3. The Balaban J connectivity index is 1.66. The van der Waals surface area contributed by atoms with Gasteiger partial charge in [0.15, 0.2) is 4.80 Å². The van der Waals surface area contributed by atoms with Gasteiger partial charge < -0.3 is 4.90 Å². The molecular formula is C17H13N5O3S. The maximum Gasteiger partial charge on any atom is 0.271 e. The Labute approximate surface area is 151 Å². The van der Waals surface area contributed by atoms with Crippen LogP contribution in [0.3, 0.4) is 0 Å². The fourth-order valence-electron chi connectivity index (χ4n) is 2.67. The van der Waals surface area contributed by atoms with Crippen LogP contribution in [0.25, 0.3) is 6.08 Å². The Morgan fingerprint density at radius 3 is 2.73 bits per heavy atom. The lowest BCUT2D eigenvalue weighted by Crippen LogP contribution is -2.42. The standard InChI is InChI=1S/C17H13N5O3S/c23-16-15(8-12-2-1-7-18-9-12)26-17-19-10-20(11-21(16)17)13-3-5-14(6-4-13)22(24)25/h1-9H,10-11H2. The number of nitrogens with zero attached hydrogens (tertiary/aromatic N) is 5. The van der Waals surface area contributed by atoms with Crippen molar-refractivity contribution in [3.8, 4) is 0 Å². The lowest BCUT2D eigenvalue weighted by molar-refractivity contribution is -0.384. The fourth-order valence-corrected chi connectivity index (χ4v) is 3.64. The molecule has 0 bridgehead atoms. The van der Waals surface area contributed by atoms with E-state index >= 15 is 0 Å². The lowest BCUT2D eigenvalue weighted by atomic mass is 10.2. The number of pyridine rings is 1. The molecule has 2 aromatic heterocycles. The van der Waals surface area contributed by atoms with Gasteiger partial charge in [-0.05, 0) is 29.8 Å². The predicted octanol–water partition coefficient (Wildman–Crippen LogP) is 1.10. The second-order valence-electron chi connectivity index (χ2n) is 5.67. The molecule has 0 aliphatic carbocycles. The van der Waals surface area contributed by atoms with Crippen LogP contribution in [0.4, 0.5) is 11.4 Å². The summed E-state index contributed by atoms with van der Waals surface area (Å²) in [6, 6.07) is 9.93. The molecule has 0 saturated heterocycles.